The molecule has 0 radical (unpaired) electrons. The monoisotopic (exact) mass is 299 g/mol. The standard InChI is InChI=1S/C14H18ClNO4/c1-10(2)16(8-14(18)19-3)13(17)9-20-12-6-4-5-11(15)7-12/h4-7,10H,8-9H2,1-3H3. The molecule has 0 heterocycles. The van der Waals surface area contributed by atoms with Crippen molar-refractivity contribution in [2.45, 2.75) is 19.9 Å². The molecule has 0 aliphatic carbocycles. The molecular formula is C14H18ClNO4. The molecule has 1 amide bonds. The van der Waals surface area contributed by atoms with Gasteiger partial charge in [-0.3, -0.25) is 9.59 Å². The SMILES string of the molecule is COC(=O)CN(C(=O)COc1cccc(Cl)c1)C(C)C. The van der Waals surface area contributed by atoms with Crippen LogP contribution in [0.25, 0.3) is 0 Å². The topological polar surface area (TPSA) is 55.8 Å². The number of methoxy groups -OCH3 is 1. The van der Waals surface area contributed by atoms with Crippen molar-refractivity contribution in [2.24, 2.45) is 0 Å². The van der Waals surface area contributed by atoms with Gasteiger partial charge in [-0.25, -0.2) is 0 Å². The zero-order valence-electron chi connectivity index (χ0n) is 11.8. The number of rotatable bonds is 6. The third kappa shape index (κ3) is 5.09. The first kappa shape index (κ1) is 16.3. The van der Waals surface area contributed by atoms with Gasteiger partial charge < -0.3 is 14.4 Å². The van der Waals surface area contributed by atoms with E-state index in [9.17, 15) is 9.59 Å². The Labute approximate surface area is 123 Å². The van der Waals surface area contributed by atoms with Crippen molar-refractivity contribution >= 4 is 23.5 Å². The predicted molar refractivity (Wildman–Crippen MR) is 75.8 cm³/mol. The third-order valence-electron chi connectivity index (χ3n) is 2.63. The Kier molecular flexibility index (Phi) is 6.31. The minimum Gasteiger partial charge on any atom is -0.484 e. The number of halogens is 1. The Morgan fingerprint density at radius 1 is 1.35 bits per heavy atom. The summed E-state index contributed by atoms with van der Waals surface area (Å²) in [7, 11) is 1.29. The first-order valence-electron chi connectivity index (χ1n) is 6.18. The van der Waals surface area contributed by atoms with Crippen LogP contribution in [0.15, 0.2) is 24.3 Å². The van der Waals surface area contributed by atoms with Crippen LogP contribution in [0.1, 0.15) is 13.8 Å². The summed E-state index contributed by atoms with van der Waals surface area (Å²) in [6, 6.07) is 6.66. The summed E-state index contributed by atoms with van der Waals surface area (Å²) in [6.45, 7) is 3.39. The van der Waals surface area contributed by atoms with Gasteiger partial charge in [0.05, 0.1) is 7.11 Å². The fourth-order valence-electron chi connectivity index (χ4n) is 1.55. The van der Waals surface area contributed by atoms with Crippen LogP contribution in [0, 0.1) is 0 Å². The predicted octanol–water partition coefficient (Wildman–Crippen LogP) is 2.13. The second kappa shape index (κ2) is 7.75. The average Bonchev–Trinajstić information content (AvgIpc) is 2.41. The highest BCUT2D eigenvalue weighted by Gasteiger charge is 2.20. The van der Waals surface area contributed by atoms with Gasteiger partial charge in [0.2, 0.25) is 0 Å². The summed E-state index contributed by atoms with van der Waals surface area (Å²) >= 11 is 5.82. The van der Waals surface area contributed by atoms with Gasteiger partial charge in [0.25, 0.3) is 5.91 Å². The summed E-state index contributed by atoms with van der Waals surface area (Å²) < 4.78 is 9.94. The molecule has 0 unspecified atom stereocenters. The number of nitrogens with zero attached hydrogens (tertiary/aromatic N) is 1. The van der Waals surface area contributed by atoms with Gasteiger partial charge in [0, 0.05) is 11.1 Å². The van der Waals surface area contributed by atoms with E-state index in [4.69, 9.17) is 16.3 Å². The number of esters is 1. The number of amides is 1. The molecule has 1 aromatic rings. The number of benzene rings is 1. The minimum absolute atomic E-state index is 0.0914. The fourth-order valence-corrected chi connectivity index (χ4v) is 1.73. The second-order valence-electron chi connectivity index (χ2n) is 4.44. The van der Waals surface area contributed by atoms with E-state index in [0.29, 0.717) is 10.8 Å². The van der Waals surface area contributed by atoms with Gasteiger partial charge >= 0.3 is 5.97 Å². The molecule has 0 saturated heterocycles. The van der Waals surface area contributed by atoms with E-state index in [1.807, 2.05) is 13.8 Å². The van der Waals surface area contributed by atoms with Crippen molar-refractivity contribution < 1.29 is 19.1 Å². The molecule has 0 fully saturated rings. The molecule has 0 bridgehead atoms. The quantitative estimate of drug-likeness (QED) is 0.755. The maximum absolute atomic E-state index is 12.1. The van der Waals surface area contributed by atoms with E-state index in [1.54, 1.807) is 24.3 Å². The van der Waals surface area contributed by atoms with Crippen LogP contribution in [0.2, 0.25) is 5.02 Å². The van der Waals surface area contributed by atoms with Crippen molar-refractivity contribution in [1.29, 1.82) is 0 Å². The first-order chi connectivity index (χ1) is 9.43. The lowest BCUT2D eigenvalue weighted by molar-refractivity contribution is -0.149. The summed E-state index contributed by atoms with van der Waals surface area (Å²) in [5, 5.41) is 0.533. The molecule has 0 N–H and O–H groups in total. The maximum atomic E-state index is 12.1. The number of hydrogen-bond donors (Lipinski definition) is 0. The molecule has 0 saturated carbocycles. The average molecular weight is 300 g/mol. The van der Waals surface area contributed by atoms with Crippen molar-refractivity contribution in [3.05, 3.63) is 29.3 Å². The smallest absolute Gasteiger partial charge is 0.325 e. The molecule has 0 aliphatic heterocycles. The number of carbonyl (C=O) groups is 2. The highest BCUT2D eigenvalue weighted by molar-refractivity contribution is 6.30. The minimum atomic E-state index is -0.463. The Bertz CT molecular complexity index is 476. The molecule has 1 rings (SSSR count). The van der Waals surface area contributed by atoms with Crippen LogP contribution >= 0.6 is 11.6 Å². The summed E-state index contributed by atoms with van der Waals surface area (Å²) in [5.41, 5.74) is 0. The van der Waals surface area contributed by atoms with Crippen molar-refractivity contribution in [1.82, 2.24) is 4.90 Å². The lowest BCUT2D eigenvalue weighted by Crippen LogP contribution is -2.43. The highest BCUT2D eigenvalue weighted by atomic mass is 35.5. The lowest BCUT2D eigenvalue weighted by Gasteiger charge is -2.25. The maximum Gasteiger partial charge on any atom is 0.325 e. The zero-order chi connectivity index (χ0) is 15.1. The van der Waals surface area contributed by atoms with Gasteiger partial charge in [0.15, 0.2) is 6.61 Å². The summed E-state index contributed by atoms with van der Waals surface area (Å²) in [5.74, 6) is -0.243. The molecule has 6 heteroatoms. The van der Waals surface area contributed by atoms with Crippen LogP contribution in [0.3, 0.4) is 0 Å². The van der Waals surface area contributed by atoms with Gasteiger partial charge in [-0.05, 0) is 32.0 Å². The zero-order valence-corrected chi connectivity index (χ0v) is 12.5. The Morgan fingerprint density at radius 2 is 2.05 bits per heavy atom. The molecule has 1 aromatic carbocycles. The van der Waals surface area contributed by atoms with Gasteiger partial charge in [-0.2, -0.15) is 0 Å². The Morgan fingerprint density at radius 3 is 2.60 bits per heavy atom. The second-order valence-corrected chi connectivity index (χ2v) is 4.87. The third-order valence-corrected chi connectivity index (χ3v) is 2.86. The van der Waals surface area contributed by atoms with E-state index in [2.05, 4.69) is 4.74 Å². The highest BCUT2D eigenvalue weighted by Crippen LogP contribution is 2.17. The fraction of sp³-hybridized carbons (Fsp3) is 0.429. The van der Waals surface area contributed by atoms with Crippen LogP contribution in [-0.2, 0) is 14.3 Å². The Hall–Kier alpha value is -1.75. The van der Waals surface area contributed by atoms with Crippen LogP contribution in [-0.4, -0.2) is 43.1 Å². The molecule has 0 atom stereocenters. The number of carbonyl (C=O) groups excluding carboxylic acids is 2. The number of ether oxygens (including phenoxy) is 2. The molecule has 0 aliphatic rings. The van der Waals surface area contributed by atoms with Gasteiger partial charge in [-0.1, -0.05) is 17.7 Å². The molecule has 20 heavy (non-hydrogen) atoms. The first-order valence-corrected chi connectivity index (χ1v) is 6.56. The Balaban J connectivity index is 2.60. The molecule has 0 aromatic heterocycles. The van der Waals surface area contributed by atoms with Crippen molar-refractivity contribution in [3.8, 4) is 5.75 Å². The van der Waals surface area contributed by atoms with Crippen LogP contribution in [0.4, 0.5) is 0 Å². The van der Waals surface area contributed by atoms with E-state index in [-0.39, 0.29) is 25.1 Å². The molecule has 0 spiro atoms. The lowest BCUT2D eigenvalue weighted by atomic mass is 10.3. The van der Waals surface area contributed by atoms with E-state index in [0.717, 1.165) is 0 Å². The molecule has 110 valence electrons. The normalized spacial score (nSPS) is 10.2. The van der Waals surface area contributed by atoms with Crippen LogP contribution in [0.5, 0.6) is 5.75 Å². The van der Waals surface area contributed by atoms with Crippen molar-refractivity contribution in [2.75, 3.05) is 20.3 Å². The van der Waals surface area contributed by atoms with Gasteiger partial charge in [0.1, 0.15) is 12.3 Å². The number of hydrogen-bond acceptors (Lipinski definition) is 4. The summed E-state index contributed by atoms with van der Waals surface area (Å²) in [6.07, 6.45) is 0. The molecule has 5 nitrogen and oxygen atoms in total. The van der Waals surface area contributed by atoms with E-state index < -0.39 is 5.97 Å². The largest absolute Gasteiger partial charge is 0.484 e. The van der Waals surface area contributed by atoms with E-state index in [1.165, 1.54) is 12.0 Å². The van der Waals surface area contributed by atoms with Crippen molar-refractivity contribution in [3.63, 3.8) is 0 Å². The molecular weight excluding hydrogens is 282 g/mol. The van der Waals surface area contributed by atoms with Gasteiger partial charge in [-0.15, -0.1) is 0 Å². The van der Waals surface area contributed by atoms with Crippen LogP contribution < -0.4 is 4.74 Å². The summed E-state index contributed by atoms with van der Waals surface area (Å²) in [4.78, 5) is 24.7. The van der Waals surface area contributed by atoms with E-state index >= 15 is 0 Å².